The molecule has 0 fully saturated rings. The van der Waals surface area contributed by atoms with E-state index in [9.17, 15) is 0 Å². The second-order valence-corrected chi connectivity index (χ2v) is 7.53. The maximum Gasteiger partial charge on any atom is 0.162 e. The third kappa shape index (κ3) is 5.91. The molecule has 0 saturated carbocycles. The van der Waals surface area contributed by atoms with Crippen molar-refractivity contribution in [1.29, 1.82) is 0 Å². The van der Waals surface area contributed by atoms with Gasteiger partial charge >= 0.3 is 0 Å². The van der Waals surface area contributed by atoms with Crippen molar-refractivity contribution in [1.82, 2.24) is 0 Å². The molecule has 3 aromatic carbocycles. The zero-order chi connectivity index (χ0) is 20.6. The highest BCUT2D eigenvalue weighted by molar-refractivity contribution is 9.10. The molecule has 0 aliphatic heterocycles. The summed E-state index contributed by atoms with van der Waals surface area (Å²) in [4.78, 5) is 0. The highest BCUT2D eigenvalue weighted by atomic mass is 79.9. The minimum absolute atomic E-state index is 0.496. The van der Waals surface area contributed by atoms with Crippen LogP contribution in [0.2, 0.25) is 0 Å². The van der Waals surface area contributed by atoms with Gasteiger partial charge in [-0.3, -0.25) is 0 Å². The monoisotopic (exact) mass is 455 g/mol. The summed E-state index contributed by atoms with van der Waals surface area (Å²) < 4.78 is 18.1. The van der Waals surface area contributed by atoms with E-state index in [1.165, 1.54) is 5.56 Å². The van der Waals surface area contributed by atoms with Gasteiger partial charge in [0, 0.05) is 16.7 Å². The Labute approximate surface area is 180 Å². The van der Waals surface area contributed by atoms with E-state index in [1.54, 1.807) is 7.11 Å². The van der Waals surface area contributed by atoms with Crippen molar-refractivity contribution in [3.05, 3.63) is 81.8 Å². The third-order valence-electron chi connectivity index (χ3n) is 4.50. The lowest BCUT2D eigenvalue weighted by atomic mass is 10.1. The maximum atomic E-state index is 6.05. The topological polar surface area (TPSA) is 39.7 Å². The van der Waals surface area contributed by atoms with E-state index in [0.717, 1.165) is 38.5 Å². The van der Waals surface area contributed by atoms with E-state index in [-0.39, 0.29) is 0 Å². The van der Waals surface area contributed by atoms with Crippen molar-refractivity contribution >= 4 is 21.6 Å². The summed E-state index contributed by atoms with van der Waals surface area (Å²) >= 11 is 3.67. The van der Waals surface area contributed by atoms with Crippen LogP contribution >= 0.6 is 15.9 Å². The number of hydrogen-bond acceptors (Lipinski definition) is 4. The van der Waals surface area contributed by atoms with Crippen molar-refractivity contribution in [3.8, 4) is 17.2 Å². The van der Waals surface area contributed by atoms with E-state index >= 15 is 0 Å². The Hall–Kier alpha value is -2.66. The number of aryl methyl sites for hydroxylation is 1. The Morgan fingerprint density at radius 1 is 0.897 bits per heavy atom. The Bertz CT molecular complexity index is 924. The molecule has 0 unspecified atom stereocenters. The fraction of sp³-hybridized carbons (Fsp3) is 0.250. The molecule has 5 heteroatoms. The number of benzene rings is 3. The first-order valence-electron chi connectivity index (χ1n) is 9.60. The van der Waals surface area contributed by atoms with E-state index in [0.29, 0.717) is 19.8 Å². The Morgan fingerprint density at radius 2 is 1.59 bits per heavy atom. The average molecular weight is 456 g/mol. The maximum absolute atomic E-state index is 6.05. The van der Waals surface area contributed by atoms with E-state index in [4.69, 9.17) is 14.2 Å². The second kappa shape index (κ2) is 10.2. The van der Waals surface area contributed by atoms with Crippen LogP contribution in [0.5, 0.6) is 17.2 Å². The van der Waals surface area contributed by atoms with Crippen LogP contribution in [0.25, 0.3) is 0 Å². The van der Waals surface area contributed by atoms with Gasteiger partial charge in [-0.15, -0.1) is 0 Å². The molecule has 0 heterocycles. The first-order chi connectivity index (χ1) is 14.1. The fourth-order valence-electron chi connectivity index (χ4n) is 2.85. The quantitative estimate of drug-likeness (QED) is 0.407. The molecule has 0 spiro atoms. The molecule has 152 valence electrons. The van der Waals surface area contributed by atoms with Gasteiger partial charge in [-0.25, -0.2) is 0 Å². The predicted octanol–water partition coefficient (Wildman–Crippen LogP) is 6.36. The number of methoxy groups -OCH3 is 1. The number of anilines is 1. The number of nitrogens with one attached hydrogen (secondary N) is 1. The number of hydrogen-bond donors (Lipinski definition) is 1. The standard InChI is InChI=1S/C24H26BrNO3/c1-4-28-23-13-19(15-26-20-9-11-21(27-3)12-10-20)22(25)14-24(23)29-16-18-7-5-17(2)6-8-18/h5-14,26H,4,15-16H2,1-3H3. The van der Waals surface area contributed by atoms with Gasteiger partial charge in [0.25, 0.3) is 0 Å². The Balaban J connectivity index is 1.71. The molecule has 0 aromatic heterocycles. The molecule has 29 heavy (non-hydrogen) atoms. The van der Waals surface area contributed by atoms with Crippen LogP contribution < -0.4 is 19.5 Å². The van der Waals surface area contributed by atoms with E-state index < -0.39 is 0 Å². The molecule has 0 aliphatic carbocycles. The molecule has 4 nitrogen and oxygen atoms in total. The summed E-state index contributed by atoms with van der Waals surface area (Å²) in [6, 6.07) is 20.2. The minimum atomic E-state index is 0.496. The van der Waals surface area contributed by atoms with Gasteiger partial charge in [-0.2, -0.15) is 0 Å². The first kappa shape index (κ1) is 21.1. The number of ether oxygens (including phenoxy) is 3. The summed E-state index contributed by atoms with van der Waals surface area (Å²) in [5, 5.41) is 3.42. The SMILES string of the molecule is CCOc1cc(CNc2ccc(OC)cc2)c(Br)cc1OCc1ccc(C)cc1. The fourth-order valence-corrected chi connectivity index (χ4v) is 3.31. The van der Waals surface area contributed by atoms with Gasteiger partial charge in [0.2, 0.25) is 0 Å². The summed E-state index contributed by atoms with van der Waals surface area (Å²) in [5.74, 6) is 2.31. The second-order valence-electron chi connectivity index (χ2n) is 6.68. The van der Waals surface area contributed by atoms with Crippen LogP contribution in [-0.4, -0.2) is 13.7 Å². The Kier molecular flexibility index (Phi) is 7.42. The molecular formula is C24H26BrNO3. The van der Waals surface area contributed by atoms with Crippen molar-refractivity contribution in [3.63, 3.8) is 0 Å². The normalized spacial score (nSPS) is 10.5. The molecule has 3 aromatic rings. The highest BCUT2D eigenvalue weighted by Gasteiger charge is 2.11. The minimum Gasteiger partial charge on any atom is -0.497 e. The molecule has 1 N–H and O–H groups in total. The molecule has 3 rings (SSSR count). The van der Waals surface area contributed by atoms with Crippen LogP contribution in [-0.2, 0) is 13.2 Å². The number of rotatable bonds is 9. The van der Waals surface area contributed by atoms with Crippen molar-refractivity contribution < 1.29 is 14.2 Å². The zero-order valence-electron chi connectivity index (χ0n) is 17.0. The van der Waals surface area contributed by atoms with Gasteiger partial charge in [-0.05, 0) is 61.4 Å². The van der Waals surface area contributed by atoms with Crippen molar-refractivity contribution in [2.24, 2.45) is 0 Å². The summed E-state index contributed by atoms with van der Waals surface area (Å²) in [6.45, 7) is 5.78. The molecular weight excluding hydrogens is 430 g/mol. The number of halogens is 1. The molecule has 0 aliphatic rings. The van der Waals surface area contributed by atoms with Gasteiger partial charge in [0.1, 0.15) is 12.4 Å². The van der Waals surface area contributed by atoms with Gasteiger partial charge in [0.15, 0.2) is 11.5 Å². The van der Waals surface area contributed by atoms with Crippen LogP contribution in [0.15, 0.2) is 65.1 Å². The third-order valence-corrected chi connectivity index (χ3v) is 5.24. The van der Waals surface area contributed by atoms with E-state index in [2.05, 4.69) is 52.4 Å². The van der Waals surface area contributed by atoms with Crippen molar-refractivity contribution in [2.75, 3.05) is 19.0 Å². The molecule has 0 radical (unpaired) electrons. The van der Waals surface area contributed by atoms with Gasteiger partial charge in [-0.1, -0.05) is 45.8 Å². The van der Waals surface area contributed by atoms with E-state index in [1.807, 2.05) is 43.3 Å². The van der Waals surface area contributed by atoms with Crippen LogP contribution in [0, 0.1) is 6.92 Å². The molecule has 0 bridgehead atoms. The molecule has 0 amide bonds. The lowest BCUT2D eigenvalue weighted by Gasteiger charge is -2.16. The molecule has 0 atom stereocenters. The lowest BCUT2D eigenvalue weighted by molar-refractivity contribution is 0.269. The van der Waals surface area contributed by atoms with Gasteiger partial charge < -0.3 is 19.5 Å². The van der Waals surface area contributed by atoms with Crippen LogP contribution in [0.1, 0.15) is 23.6 Å². The predicted molar refractivity (Wildman–Crippen MR) is 121 cm³/mol. The van der Waals surface area contributed by atoms with Crippen LogP contribution in [0.4, 0.5) is 5.69 Å². The van der Waals surface area contributed by atoms with Crippen LogP contribution in [0.3, 0.4) is 0 Å². The molecule has 0 saturated heterocycles. The highest BCUT2D eigenvalue weighted by Crippen LogP contribution is 2.35. The van der Waals surface area contributed by atoms with Gasteiger partial charge in [0.05, 0.1) is 13.7 Å². The summed E-state index contributed by atoms with van der Waals surface area (Å²) in [7, 11) is 1.66. The summed E-state index contributed by atoms with van der Waals surface area (Å²) in [6.07, 6.45) is 0. The smallest absolute Gasteiger partial charge is 0.162 e. The summed E-state index contributed by atoms with van der Waals surface area (Å²) in [5.41, 5.74) is 4.47. The zero-order valence-corrected chi connectivity index (χ0v) is 18.6. The lowest BCUT2D eigenvalue weighted by Crippen LogP contribution is -2.04. The first-order valence-corrected chi connectivity index (χ1v) is 10.4. The van der Waals surface area contributed by atoms with Crippen molar-refractivity contribution in [2.45, 2.75) is 27.0 Å². The Morgan fingerprint density at radius 3 is 2.24 bits per heavy atom. The average Bonchev–Trinajstić information content (AvgIpc) is 2.74. The largest absolute Gasteiger partial charge is 0.497 e.